The minimum atomic E-state index is -0.945. The predicted octanol–water partition coefficient (Wildman–Crippen LogP) is 2.96. The second-order valence-electron chi connectivity index (χ2n) is 5.42. The van der Waals surface area contributed by atoms with Crippen LogP contribution in [0.3, 0.4) is 0 Å². The van der Waals surface area contributed by atoms with Gasteiger partial charge in [0, 0.05) is 12.1 Å². The number of anilines is 1. The minimum Gasteiger partial charge on any atom is -0.481 e. The highest BCUT2D eigenvalue weighted by Crippen LogP contribution is 2.25. The van der Waals surface area contributed by atoms with E-state index in [1.54, 1.807) is 32.9 Å². The molecule has 2 N–H and O–H groups in total. The first-order valence-corrected chi connectivity index (χ1v) is 5.97. The topological polar surface area (TPSA) is 66.4 Å². The van der Waals surface area contributed by atoms with Crippen molar-refractivity contribution in [2.45, 2.75) is 33.6 Å². The number of hydrogen-bond acceptors (Lipinski definition) is 2. The molecule has 0 aliphatic heterocycles. The Morgan fingerprint density at radius 2 is 1.95 bits per heavy atom. The summed E-state index contributed by atoms with van der Waals surface area (Å²) in [6, 6.07) is 4.44. The maximum absolute atomic E-state index is 13.3. The second kappa shape index (κ2) is 5.82. The van der Waals surface area contributed by atoms with E-state index in [2.05, 4.69) is 5.32 Å². The van der Waals surface area contributed by atoms with Gasteiger partial charge < -0.3 is 10.4 Å². The number of aliphatic carboxylic acids is 1. The van der Waals surface area contributed by atoms with Gasteiger partial charge in [-0.05, 0) is 30.0 Å². The second-order valence-corrected chi connectivity index (χ2v) is 5.42. The molecule has 0 atom stereocenters. The van der Waals surface area contributed by atoms with Crippen LogP contribution in [0.1, 0.15) is 32.3 Å². The quantitative estimate of drug-likeness (QED) is 0.862. The number of nitrogens with one attached hydrogen (secondary N) is 1. The molecule has 5 heteroatoms. The molecule has 0 radical (unpaired) electrons. The lowest BCUT2D eigenvalue weighted by Gasteiger charge is -2.21. The Labute approximate surface area is 111 Å². The van der Waals surface area contributed by atoms with Gasteiger partial charge in [0.15, 0.2) is 0 Å². The molecule has 1 aromatic rings. The first kappa shape index (κ1) is 15.1. The van der Waals surface area contributed by atoms with Gasteiger partial charge in [-0.1, -0.05) is 19.9 Å². The van der Waals surface area contributed by atoms with Crippen LogP contribution >= 0.6 is 0 Å². The van der Waals surface area contributed by atoms with Gasteiger partial charge >= 0.3 is 5.97 Å². The van der Waals surface area contributed by atoms with Crippen LogP contribution in [0.2, 0.25) is 0 Å². The first-order chi connectivity index (χ1) is 8.69. The van der Waals surface area contributed by atoms with Crippen molar-refractivity contribution in [2.24, 2.45) is 5.41 Å². The van der Waals surface area contributed by atoms with Crippen LogP contribution in [0.5, 0.6) is 0 Å². The Morgan fingerprint density at radius 3 is 2.47 bits per heavy atom. The molecule has 4 nitrogen and oxygen atoms in total. The fourth-order valence-electron chi connectivity index (χ4n) is 1.78. The number of halogens is 1. The van der Waals surface area contributed by atoms with E-state index in [1.165, 1.54) is 6.07 Å². The molecule has 0 aromatic heterocycles. The number of carboxylic acids is 1. The SMILES string of the molecule is Cc1ccc(NC(=O)CC(C)(C)CC(=O)O)cc1F. The van der Waals surface area contributed by atoms with Crippen molar-refractivity contribution in [3.05, 3.63) is 29.6 Å². The van der Waals surface area contributed by atoms with Crippen molar-refractivity contribution in [1.29, 1.82) is 0 Å². The van der Waals surface area contributed by atoms with E-state index in [9.17, 15) is 14.0 Å². The Hall–Kier alpha value is -1.91. The molecule has 1 amide bonds. The minimum absolute atomic E-state index is 0.0643. The summed E-state index contributed by atoms with van der Waals surface area (Å²) in [7, 11) is 0. The standard InChI is InChI=1S/C14H18FNO3/c1-9-4-5-10(6-11(9)15)16-12(17)7-14(2,3)8-13(18)19/h4-6H,7-8H2,1-3H3,(H,16,17)(H,18,19). The molecule has 104 valence electrons. The van der Waals surface area contributed by atoms with Crippen molar-refractivity contribution in [1.82, 2.24) is 0 Å². The van der Waals surface area contributed by atoms with Gasteiger partial charge in [0.2, 0.25) is 5.91 Å². The van der Waals surface area contributed by atoms with Gasteiger partial charge in [0.05, 0.1) is 6.42 Å². The van der Waals surface area contributed by atoms with E-state index in [0.717, 1.165) is 0 Å². The Bertz CT molecular complexity index is 497. The van der Waals surface area contributed by atoms with Crippen LogP contribution in [0.25, 0.3) is 0 Å². The third-order valence-electron chi connectivity index (χ3n) is 2.72. The summed E-state index contributed by atoms with van der Waals surface area (Å²) in [6.45, 7) is 5.05. The van der Waals surface area contributed by atoms with E-state index in [-0.39, 0.29) is 24.6 Å². The van der Waals surface area contributed by atoms with E-state index in [4.69, 9.17) is 5.11 Å². The van der Waals surface area contributed by atoms with Crippen LogP contribution in [0.4, 0.5) is 10.1 Å². The highest BCUT2D eigenvalue weighted by molar-refractivity contribution is 5.91. The van der Waals surface area contributed by atoms with Crippen LogP contribution < -0.4 is 5.32 Å². The Balaban J connectivity index is 2.64. The average molecular weight is 267 g/mol. The summed E-state index contributed by atoms with van der Waals surface area (Å²) in [5.41, 5.74) is 0.238. The molecular weight excluding hydrogens is 249 g/mol. The molecule has 0 unspecified atom stereocenters. The molecule has 0 bridgehead atoms. The van der Waals surface area contributed by atoms with Crippen molar-refractivity contribution in [3.63, 3.8) is 0 Å². The number of amides is 1. The molecule has 0 saturated carbocycles. The normalized spacial score (nSPS) is 11.2. The van der Waals surface area contributed by atoms with E-state index < -0.39 is 11.4 Å². The maximum atomic E-state index is 13.3. The fourth-order valence-corrected chi connectivity index (χ4v) is 1.78. The molecule has 0 saturated heterocycles. The van der Waals surface area contributed by atoms with Crippen LogP contribution in [-0.2, 0) is 9.59 Å². The van der Waals surface area contributed by atoms with E-state index in [0.29, 0.717) is 11.3 Å². The third kappa shape index (κ3) is 5.07. The molecule has 19 heavy (non-hydrogen) atoms. The van der Waals surface area contributed by atoms with Gasteiger partial charge in [-0.25, -0.2) is 4.39 Å². The van der Waals surface area contributed by atoms with Gasteiger partial charge in [0.1, 0.15) is 5.82 Å². The lowest BCUT2D eigenvalue weighted by atomic mass is 9.85. The summed E-state index contributed by atoms with van der Waals surface area (Å²) >= 11 is 0. The lowest BCUT2D eigenvalue weighted by Crippen LogP contribution is -2.24. The summed E-state index contributed by atoms with van der Waals surface area (Å²) < 4.78 is 13.3. The Morgan fingerprint density at radius 1 is 1.32 bits per heavy atom. The van der Waals surface area contributed by atoms with Gasteiger partial charge in [-0.2, -0.15) is 0 Å². The highest BCUT2D eigenvalue weighted by Gasteiger charge is 2.25. The van der Waals surface area contributed by atoms with E-state index in [1.807, 2.05) is 0 Å². The zero-order valence-corrected chi connectivity index (χ0v) is 11.3. The third-order valence-corrected chi connectivity index (χ3v) is 2.72. The summed E-state index contributed by atoms with van der Waals surface area (Å²) in [6.07, 6.45) is -0.0303. The maximum Gasteiger partial charge on any atom is 0.303 e. The number of hydrogen-bond donors (Lipinski definition) is 2. The molecule has 1 rings (SSSR count). The summed E-state index contributed by atoms with van der Waals surface area (Å²) in [5, 5.41) is 11.3. The molecular formula is C14H18FNO3. The fraction of sp³-hybridized carbons (Fsp3) is 0.429. The largest absolute Gasteiger partial charge is 0.481 e. The first-order valence-electron chi connectivity index (χ1n) is 5.97. The molecule has 0 heterocycles. The van der Waals surface area contributed by atoms with Gasteiger partial charge in [-0.3, -0.25) is 9.59 Å². The number of aryl methyl sites for hydroxylation is 1. The smallest absolute Gasteiger partial charge is 0.303 e. The zero-order chi connectivity index (χ0) is 14.6. The lowest BCUT2D eigenvalue weighted by molar-refractivity contribution is -0.139. The highest BCUT2D eigenvalue weighted by atomic mass is 19.1. The zero-order valence-electron chi connectivity index (χ0n) is 11.3. The van der Waals surface area contributed by atoms with E-state index >= 15 is 0 Å². The summed E-state index contributed by atoms with van der Waals surface area (Å²) in [5.74, 6) is -1.66. The number of rotatable bonds is 5. The van der Waals surface area contributed by atoms with Crippen LogP contribution in [0, 0.1) is 18.2 Å². The van der Waals surface area contributed by atoms with Crippen molar-refractivity contribution >= 4 is 17.6 Å². The Kier molecular flexibility index (Phi) is 4.64. The van der Waals surface area contributed by atoms with Crippen LogP contribution in [-0.4, -0.2) is 17.0 Å². The summed E-state index contributed by atoms with van der Waals surface area (Å²) in [4.78, 5) is 22.4. The average Bonchev–Trinajstić information content (AvgIpc) is 2.20. The van der Waals surface area contributed by atoms with Gasteiger partial charge in [0.25, 0.3) is 0 Å². The molecule has 0 spiro atoms. The van der Waals surface area contributed by atoms with Gasteiger partial charge in [-0.15, -0.1) is 0 Å². The predicted molar refractivity (Wildman–Crippen MR) is 70.4 cm³/mol. The number of carbonyl (C=O) groups is 2. The van der Waals surface area contributed by atoms with Crippen LogP contribution in [0.15, 0.2) is 18.2 Å². The molecule has 0 aliphatic rings. The monoisotopic (exact) mass is 267 g/mol. The van der Waals surface area contributed by atoms with Crippen molar-refractivity contribution < 1.29 is 19.1 Å². The number of benzene rings is 1. The molecule has 1 aromatic carbocycles. The number of carboxylic acid groups (broad SMARTS) is 1. The number of carbonyl (C=O) groups excluding carboxylic acids is 1. The van der Waals surface area contributed by atoms with Crippen molar-refractivity contribution in [2.75, 3.05) is 5.32 Å². The molecule has 0 aliphatic carbocycles. The molecule has 0 fully saturated rings. The van der Waals surface area contributed by atoms with Crippen molar-refractivity contribution in [3.8, 4) is 0 Å².